The van der Waals surface area contributed by atoms with Crippen molar-refractivity contribution in [2.45, 2.75) is 70.3 Å². The molecule has 0 saturated heterocycles. The summed E-state index contributed by atoms with van der Waals surface area (Å²) in [6.45, 7) is 4.03. The highest BCUT2D eigenvalue weighted by atomic mass is 16.3. The molecule has 116 valence electrons. The summed E-state index contributed by atoms with van der Waals surface area (Å²) in [5.41, 5.74) is -0.303. The number of anilines is 1. The molecule has 1 aliphatic carbocycles. The van der Waals surface area contributed by atoms with E-state index in [4.69, 9.17) is 0 Å². The lowest BCUT2D eigenvalue weighted by atomic mass is 9.89. The number of nitrogens with zero attached hydrogens (tertiary/aromatic N) is 2. The largest absolute Gasteiger partial charge is 0.389 e. The zero-order valence-corrected chi connectivity index (χ0v) is 12.9. The zero-order chi connectivity index (χ0) is 15.3. The van der Waals surface area contributed by atoms with Crippen molar-refractivity contribution in [1.29, 1.82) is 0 Å². The maximum Gasteiger partial charge on any atom is 0.227 e. The fraction of sp³-hybridized carbons (Fsp3) is 0.688. The molecule has 1 fully saturated rings. The second-order valence-electron chi connectivity index (χ2n) is 6.05. The molecule has 0 aromatic carbocycles. The summed E-state index contributed by atoms with van der Waals surface area (Å²) in [6.07, 6.45) is 8.76. The predicted molar refractivity (Wildman–Crippen MR) is 82.0 cm³/mol. The van der Waals surface area contributed by atoms with Crippen molar-refractivity contribution in [2.24, 2.45) is 0 Å². The Morgan fingerprint density at radius 1 is 1.29 bits per heavy atom. The van der Waals surface area contributed by atoms with Crippen LogP contribution in [0.15, 0.2) is 12.4 Å². The Bertz CT molecular complexity index is 463. The molecule has 0 radical (unpaired) electrons. The van der Waals surface area contributed by atoms with Crippen LogP contribution in [0, 0.1) is 0 Å². The summed E-state index contributed by atoms with van der Waals surface area (Å²) in [6, 6.07) is 0. The van der Waals surface area contributed by atoms with E-state index < -0.39 is 5.60 Å². The maximum atomic E-state index is 12.1. The second kappa shape index (κ2) is 6.98. The molecule has 0 bridgehead atoms. The SMILES string of the molecule is CCCC(O)(CCC)CC(=O)Nc1cnc(C2CC2)nc1. The summed E-state index contributed by atoms with van der Waals surface area (Å²) < 4.78 is 0. The van der Waals surface area contributed by atoms with Gasteiger partial charge in [0.25, 0.3) is 0 Å². The monoisotopic (exact) mass is 291 g/mol. The molecule has 21 heavy (non-hydrogen) atoms. The average Bonchev–Trinajstić information content (AvgIpc) is 3.24. The van der Waals surface area contributed by atoms with Crippen LogP contribution in [0.4, 0.5) is 5.69 Å². The molecule has 5 heteroatoms. The van der Waals surface area contributed by atoms with Crippen molar-refractivity contribution in [3.63, 3.8) is 0 Å². The van der Waals surface area contributed by atoms with Gasteiger partial charge in [-0.05, 0) is 25.7 Å². The molecule has 0 spiro atoms. The number of amides is 1. The minimum atomic E-state index is -0.900. The van der Waals surface area contributed by atoms with Crippen LogP contribution < -0.4 is 5.32 Å². The quantitative estimate of drug-likeness (QED) is 0.772. The predicted octanol–water partition coefficient (Wildman–Crippen LogP) is 3.01. The van der Waals surface area contributed by atoms with Gasteiger partial charge in [-0.3, -0.25) is 4.79 Å². The van der Waals surface area contributed by atoms with Gasteiger partial charge >= 0.3 is 0 Å². The number of carbonyl (C=O) groups excluding carboxylic acids is 1. The fourth-order valence-electron chi connectivity index (χ4n) is 2.69. The molecule has 1 heterocycles. The van der Waals surface area contributed by atoms with Crippen LogP contribution >= 0.6 is 0 Å². The minimum Gasteiger partial charge on any atom is -0.389 e. The molecule has 1 saturated carbocycles. The Balaban J connectivity index is 1.90. The highest BCUT2D eigenvalue weighted by molar-refractivity contribution is 5.91. The summed E-state index contributed by atoms with van der Waals surface area (Å²) in [7, 11) is 0. The van der Waals surface area contributed by atoms with E-state index in [2.05, 4.69) is 15.3 Å². The van der Waals surface area contributed by atoms with Gasteiger partial charge in [0, 0.05) is 5.92 Å². The third kappa shape index (κ3) is 4.77. The van der Waals surface area contributed by atoms with Gasteiger partial charge in [0.05, 0.1) is 30.1 Å². The summed E-state index contributed by atoms with van der Waals surface area (Å²) in [5.74, 6) is 1.19. The van der Waals surface area contributed by atoms with E-state index in [9.17, 15) is 9.90 Å². The number of rotatable bonds is 8. The van der Waals surface area contributed by atoms with Crippen molar-refractivity contribution < 1.29 is 9.90 Å². The minimum absolute atomic E-state index is 0.124. The van der Waals surface area contributed by atoms with Crippen molar-refractivity contribution in [2.75, 3.05) is 5.32 Å². The van der Waals surface area contributed by atoms with Gasteiger partial charge in [0.1, 0.15) is 5.82 Å². The van der Waals surface area contributed by atoms with Crippen molar-refractivity contribution in [1.82, 2.24) is 9.97 Å². The van der Waals surface area contributed by atoms with Crippen molar-refractivity contribution in [3.8, 4) is 0 Å². The maximum absolute atomic E-state index is 12.1. The first kappa shape index (κ1) is 15.9. The van der Waals surface area contributed by atoms with E-state index in [1.807, 2.05) is 13.8 Å². The molecule has 1 aromatic heterocycles. The first-order valence-electron chi connectivity index (χ1n) is 7.90. The van der Waals surface area contributed by atoms with Crippen LogP contribution in [0.2, 0.25) is 0 Å². The van der Waals surface area contributed by atoms with E-state index in [-0.39, 0.29) is 12.3 Å². The molecule has 1 amide bonds. The summed E-state index contributed by atoms with van der Waals surface area (Å²) in [5, 5.41) is 13.3. The molecule has 1 aliphatic rings. The molecular weight excluding hydrogens is 266 g/mol. The van der Waals surface area contributed by atoms with Gasteiger partial charge in [0.2, 0.25) is 5.91 Å². The van der Waals surface area contributed by atoms with Crippen LogP contribution in [-0.2, 0) is 4.79 Å². The third-order valence-corrected chi connectivity index (χ3v) is 3.82. The number of hydrogen-bond acceptors (Lipinski definition) is 4. The van der Waals surface area contributed by atoms with Gasteiger partial charge in [-0.1, -0.05) is 26.7 Å². The molecular formula is C16H25N3O2. The molecule has 0 unspecified atom stereocenters. The van der Waals surface area contributed by atoms with E-state index in [1.165, 1.54) is 0 Å². The first-order valence-corrected chi connectivity index (χ1v) is 7.90. The fourth-order valence-corrected chi connectivity index (χ4v) is 2.69. The lowest BCUT2D eigenvalue weighted by Crippen LogP contribution is -2.33. The third-order valence-electron chi connectivity index (χ3n) is 3.82. The highest BCUT2D eigenvalue weighted by Gasteiger charge is 2.28. The van der Waals surface area contributed by atoms with E-state index >= 15 is 0 Å². The summed E-state index contributed by atoms with van der Waals surface area (Å²) in [4.78, 5) is 20.6. The van der Waals surface area contributed by atoms with Gasteiger partial charge < -0.3 is 10.4 Å². The highest BCUT2D eigenvalue weighted by Crippen LogP contribution is 2.37. The zero-order valence-electron chi connectivity index (χ0n) is 12.9. The number of nitrogens with one attached hydrogen (secondary N) is 1. The second-order valence-corrected chi connectivity index (χ2v) is 6.05. The van der Waals surface area contributed by atoms with Gasteiger partial charge in [-0.15, -0.1) is 0 Å². The van der Waals surface area contributed by atoms with E-state index in [0.717, 1.165) is 31.5 Å². The number of aliphatic hydroxyl groups is 1. The van der Waals surface area contributed by atoms with Crippen LogP contribution in [-0.4, -0.2) is 26.6 Å². The topological polar surface area (TPSA) is 75.1 Å². The molecule has 0 aliphatic heterocycles. The lowest BCUT2D eigenvalue weighted by Gasteiger charge is -2.26. The Hall–Kier alpha value is -1.49. The van der Waals surface area contributed by atoms with E-state index in [0.29, 0.717) is 24.4 Å². The average molecular weight is 291 g/mol. The Morgan fingerprint density at radius 3 is 2.33 bits per heavy atom. The first-order chi connectivity index (χ1) is 10.1. The Kier molecular flexibility index (Phi) is 5.28. The molecule has 5 nitrogen and oxygen atoms in total. The van der Waals surface area contributed by atoms with Crippen molar-refractivity contribution in [3.05, 3.63) is 18.2 Å². The Morgan fingerprint density at radius 2 is 1.86 bits per heavy atom. The van der Waals surface area contributed by atoms with Crippen LogP contribution in [0.25, 0.3) is 0 Å². The Labute approximate surface area is 126 Å². The molecule has 2 rings (SSSR count). The molecule has 0 atom stereocenters. The van der Waals surface area contributed by atoms with Gasteiger partial charge in [-0.25, -0.2) is 9.97 Å². The number of carbonyl (C=O) groups is 1. The van der Waals surface area contributed by atoms with Gasteiger partial charge in [0.15, 0.2) is 0 Å². The standard InChI is InChI=1S/C16H25N3O2/c1-3-7-16(21,8-4-2)9-14(20)19-13-10-17-15(18-11-13)12-5-6-12/h10-12,21H,3-9H2,1-2H3,(H,19,20). The van der Waals surface area contributed by atoms with Crippen LogP contribution in [0.3, 0.4) is 0 Å². The number of hydrogen-bond donors (Lipinski definition) is 2. The van der Waals surface area contributed by atoms with Crippen LogP contribution in [0.5, 0.6) is 0 Å². The molecule has 1 aromatic rings. The smallest absolute Gasteiger partial charge is 0.227 e. The summed E-state index contributed by atoms with van der Waals surface area (Å²) >= 11 is 0. The van der Waals surface area contributed by atoms with Gasteiger partial charge in [-0.2, -0.15) is 0 Å². The molecule has 2 N–H and O–H groups in total. The van der Waals surface area contributed by atoms with E-state index in [1.54, 1.807) is 12.4 Å². The lowest BCUT2D eigenvalue weighted by molar-refractivity contribution is -0.121. The van der Waals surface area contributed by atoms with Crippen LogP contribution in [0.1, 0.15) is 70.5 Å². The number of aromatic nitrogens is 2. The van der Waals surface area contributed by atoms with Crippen molar-refractivity contribution >= 4 is 11.6 Å². The normalized spacial score (nSPS) is 15.0.